The summed E-state index contributed by atoms with van der Waals surface area (Å²) in [5, 5.41) is 0. The van der Waals surface area contributed by atoms with Gasteiger partial charge in [-0.05, 0) is 54.8 Å². The summed E-state index contributed by atoms with van der Waals surface area (Å²) in [5.41, 5.74) is 1.69. The standard InChI is InChI=1S/C12H20/c1-3-6-12-7-9-4-5-10(8-12)11(9,12)2/h9-10H,3-8H2,1-2H3. The first kappa shape index (κ1) is 7.41. The summed E-state index contributed by atoms with van der Waals surface area (Å²) in [4.78, 5) is 0. The molecule has 0 heterocycles. The lowest BCUT2D eigenvalue weighted by molar-refractivity contribution is -0.239. The van der Waals surface area contributed by atoms with E-state index in [1.54, 1.807) is 25.7 Å². The Hall–Kier alpha value is 0. The van der Waals surface area contributed by atoms with E-state index in [0.29, 0.717) is 0 Å². The summed E-state index contributed by atoms with van der Waals surface area (Å²) in [7, 11) is 0. The fourth-order valence-electron chi connectivity index (χ4n) is 4.99. The van der Waals surface area contributed by atoms with Crippen LogP contribution in [0.15, 0.2) is 0 Å². The number of hydrogen-bond acceptors (Lipinski definition) is 0. The highest BCUT2D eigenvalue weighted by molar-refractivity contribution is 5.23. The number of hydrogen-bond donors (Lipinski definition) is 0. The molecule has 0 aromatic rings. The Balaban J connectivity index is 1.87. The summed E-state index contributed by atoms with van der Waals surface area (Å²) in [6.07, 6.45) is 9.24. The van der Waals surface area contributed by atoms with Crippen molar-refractivity contribution in [2.24, 2.45) is 22.7 Å². The predicted molar refractivity (Wildman–Crippen MR) is 50.9 cm³/mol. The van der Waals surface area contributed by atoms with E-state index in [0.717, 1.165) is 22.7 Å². The van der Waals surface area contributed by atoms with Crippen LogP contribution in [0, 0.1) is 22.7 Å². The first-order valence-corrected chi connectivity index (χ1v) is 5.73. The molecular weight excluding hydrogens is 144 g/mol. The maximum atomic E-state index is 2.60. The van der Waals surface area contributed by atoms with E-state index in [-0.39, 0.29) is 0 Å². The second-order valence-electron chi connectivity index (χ2n) is 5.69. The molecular formula is C12H20. The van der Waals surface area contributed by atoms with E-state index >= 15 is 0 Å². The van der Waals surface area contributed by atoms with Crippen LogP contribution < -0.4 is 0 Å². The van der Waals surface area contributed by atoms with Gasteiger partial charge in [0.15, 0.2) is 0 Å². The highest BCUT2D eigenvalue weighted by atomic mass is 14.8. The lowest BCUT2D eigenvalue weighted by atomic mass is 9.32. The van der Waals surface area contributed by atoms with Crippen LogP contribution >= 0.6 is 0 Å². The van der Waals surface area contributed by atoms with Gasteiger partial charge < -0.3 is 0 Å². The third-order valence-corrected chi connectivity index (χ3v) is 5.71. The third kappa shape index (κ3) is 0.506. The van der Waals surface area contributed by atoms with Gasteiger partial charge in [-0.2, -0.15) is 0 Å². The van der Waals surface area contributed by atoms with Gasteiger partial charge in [-0.25, -0.2) is 0 Å². The molecule has 0 N–H and O–H groups in total. The smallest absolute Gasteiger partial charge is 0.0212 e. The molecule has 2 unspecified atom stereocenters. The molecule has 12 heavy (non-hydrogen) atoms. The van der Waals surface area contributed by atoms with Gasteiger partial charge in [-0.3, -0.25) is 0 Å². The van der Waals surface area contributed by atoms with Crippen molar-refractivity contribution in [3.63, 3.8) is 0 Å². The van der Waals surface area contributed by atoms with Crippen LogP contribution in [0.4, 0.5) is 0 Å². The first-order chi connectivity index (χ1) is 5.73. The molecule has 2 atom stereocenters. The zero-order chi connectivity index (χ0) is 8.40. The average molecular weight is 164 g/mol. The molecule has 0 amide bonds. The monoisotopic (exact) mass is 164 g/mol. The van der Waals surface area contributed by atoms with Gasteiger partial charge in [0.05, 0.1) is 0 Å². The third-order valence-electron chi connectivity index (χ3n) is 5.71. The quantitative estimate of drug-likeness (QED) is 0.585. The van der Waals surface area contributed by atoms with Crippen molar-refractivity contribution >= 4 is 0 Å². The van der Waals surface area contributed by atoms with Crippen LogP contribution in [0.5, 0.6) is 0 Å². The summed E-state index contributed by atoms with van der Waals surface area (Å²) in [6.45, 7) is 4.95. The van der Waals surface area contributed by atoms with Crippen LogP contribution in [-0.4, -0.2) is 0 Å². The van der Waals surface area contributed by atoms with Gasteiger partial charge in [0.2, 0.25) is 0 Å². The van der Waals surface area contributed by atoms with Gasteiger partial charge >= 0.3 is 0 Å². The minimum atomic E-state index is 0.836. The molecule has 3 fully saturated rings. The van der Waals surface area contributed by atoms with Crippen molar-refractivity contribution in [2.45, 2.75) is 52.4 Å². The highest BCUT2D eigenvalue weighted by Gasteiger charge is 2.74. The lowest BCUT2D eigenvalue weighted by Gasteiger charge is -2.72. The van der Waals surface area contributed by atoms with Gasteiger partial charge in [-0.15, -0.1) is 0 Å². The van der Waals surface area contributed by atoms with Crippen LogP contribution in [0.1, 0.15) is 52.4 Å². The normalized spacial score (nSPS) is 60.5. The fraction of sp³-hybridized carbons (Fsp3) is 1.00. The van der Waals surface area contributed by atoms with Gasteiger partial charge in [0.1, 0.15) is 0 Å². The number of rotatable bonds is 2. The Kier molecular flexibility index (Phi) is 1.18. The molecule has 3 rings (SSSR count). The zero-order valence-electron chi connectivity index (χ0n) is 8.40. The second-order valence-corrected chi connectivity index (χ2v) is 5.69. The van der Waals surface area contributed by atoms with E-state index in [4.69, 9.17) is 0 Å². The van der Waals surface area contributed by atoms with E-state index in [1.165, 1.54) is 12.8 Å². The van der Waals surface area contributed by atoms with Crippen LogP contribution in [-0.2, 0) is 0 Å². The van der Waals surface area contributed by atoms with Crippen LogP contribution in [0.3, 0.4) is 0 Å². The molecule has 0 aliphatic heterocycles. The van der Waals surface area contributed by atoms with Crippen molar-refractivity contribution in [1.29, 1.82) is 0 Å². The predicted octanol–water partition coefficient (Wildman–Crippen LogP) is 3.61. The fourth-order valence-corrected chi connectivity index (χ4v) is 4.99. The zero-order valence-corrected chi connectivity index (χ0v) is 8.40. The molecule has 0 aromatic carbocycles. The minimum Gasteiger partial charge on any atom is -0.0654 e. The van der Waals surface area contributed by atoms with Gasteiger partial charge in [-0.1, -0.05) is 20.3 Å². The molecule has 3 saturated carbocycles. The van der Waals surface area contributed by atoms with E-state index < -0.39 is 0 Å². The Bertz CT molecular complexity index is 202. The van der Waals surface area contributed by atoms with E-state index in [2.05, 4.69) is 13.8 Å². The van der Waals surface area contributed by atoms with E-state index in [1.807, 2.05) is 0 Å². The van der Waals surface area contributed by atoms with Crippen molar-refractivity contribution in [3.05, 3.63) is 0 Å². The molecule has 3 aliphatic rings. The average Bonchev–Trinajstić information content (AvgIpc) is 2.31. The topological polar surface area (TPSA) is 0 Å². The summed E-state index contributed by atoms with van der Waals surface area (Å²) in [6, 6.07) is 0. The summed E-state index contributed by atoms with van der Waals surface area (Å²) in [5.74, 6) is 2.28. The van der Waals surface area contributed by atoms with Crippen molar-refractivity contribution in [3.8, 4) is 0 Å². The van der Waals surface area contributed by atoms with Crippen molar-refractivity contribution in [1.82, 2.24) is 0 Å². The molecule has 0 nitrogen and oxygen atoms in total. The SMILES string of the molecule is CCCC12CC3CCC(C1)C32C. The molecule has 0 aromatic heterocycles. The van der Waals surface area contributed by atoms with Gasteiger partial charge in [0, 0.05) is 0 Å². The van der Waals surface area contributed by atoms with Crippen LogP contribution in [0.2, 0.25) is 0 Å². The molecule has 68 valence electrons. The Morgan fingerprint density at radius 3 is 2.25 bits per heavy atom. The highest BCUT2D eigenvalue weighted by Crippen LogP contribution is 2.82. The molecule has 0 spiro atoms. The summed E-state index contributed by atoms with van der Waals surface area (Å²) >= 11 is 0. The molecule has 0 heteroatoms. The molecule has 3 aliphatic carbocycles. The Labute approximate surface area is 75.7 Å². The summed E-state index contributed by atoms with van der Waals surface area (Å²) < 4.78 is 0. The maximum absolute atomic E-state index is 2.60. The Morgan fingerprint density at radius 2 is 1.75 bits per heavy atom. The molecule has 0 saturated heterocycles. The van der Waals surface area contributed by atoms with E-state index in [9.17, 15) is 0 Å². The minimum absolute atomic E-state index is 0.836. The lowest BCUT2D eigenvalue weighted by Crippen LogP contribution is -2.65. The molecule has 0 radical (unpaired) electrons. The largest absolute Gasteiger partial charge is 0.0654 e. The molecule has 0 bridgehead atoms. The van der Waals surface area contributed by atoms with Crippen LogP contribution in [0.25, 0.3) is 0 Å². The first-order valence-electron chi connectivity index (χ1n) is 5.73. The maximum Gasteiger partial charge on any atom is -0.0212 e. The van der Waals surface area contributed by atoms with Crippen molar-refractivity contribution < 1.29 is 0 Å². The Morgan fingerprint density at radius 1 is 1.17 bits per heavy atom. The van der Waals surface area contributed by atoms with Crippen molar-refractivity contribution in [2.75, 3.05) is 0 Å². The second kappa shape index (κ2) is 1.91. The van der Waals surface area contributed by atoms with Gasteiger partial charge in [0.25, 0.3) is 0 Å².